The van der Waals surface area contributed by atoms with Crippen LogP contribution in [0.5, 0.6) is 0 Å². The van der Waals surface area contributed by atoms with Crippen molar-refractivity contribution in [3.05, 3.63) is 0 Å². The summed E-state index contributed by atoms with van der Waals surface area (Å²) in [5, 5.41) is 0. The molecular formula is C11H18O3. The van der Waals surface area contributed by atoms with E-state index < -0.39 is 0 Å². The minimum atomic E-state index is -0.120. The Labute approximate surface area is 84.8 Å². The number of cyclic esters (lactones) is 1. The molecule has 0 aliphatic carbocycles. The minimum absolute atomic E-state index is 0.00433. The van der Waals surface area contributed by atoms with E-state index in [1.165, 1.54) is 0 Å². The van der Waals surface area contributed by atoms with Crippen LogP contribution in [0.15, 0.2) is 0 Å². The van der Waals surface area contributed by atoms with Crippen LogP contribution in [0.25, 0.3) is 0 Å². The maximum atomic E-state index is 11.3. The van der Waals surface area contributed by atoms with Gasteiger partial charge in [0.1, 0.15) is 12.4 Å². The Kier molecular flexibility index (Phi) is 3.67. The molecule has 1 rings (SSSR count). The predicted molar refractivity (Wildman–Crippen MR) is 52.7 cm³/mol. The zero-order chi connectivity index (χ0) is 10.7. The maximum absolute atomic E-state index is 11.3. The summed E-state index contributed by atoms with van der Waals surface area (Å²) in [5.41, 5.74) is 0. The van der Waals surface area contributed by atoms with Gasteiger partial charge in [0, 0.05) is 6.42 Å². The molecular weight excluding hydrogens is 180 g/mol. The maximum Gasteiger partial charge on any atom is 0.308 e. The summed E-state index contributed by atoms with van der Waals surface area (Å²) in [6.45, 7) is 5.92. The molecule has 0 radical (unpaired) electrons. The van der Waals surface area contributed by atoms with E-state index in [4.69, 9.17) is 4.74 Å². The third kappa shape index (κ3) is 2.34. The van der Waals surface area contributed by atoms with E-state index in [2.05, 4.69) is 6.92 Å². The zero-order valence-corrected chi connectivity index (χ0v) is 9.03. The summed E-state index contributed by atoms with van der Waals surface area (Å²) >= 11 is 0. The number of aldehydes is 1. The molecule has 0 amide bonds. The van der Waals surface area contributed by atoms with Crippen LogP contribution in [0.4, 0.5) is 0 Å². The molecule has 0 saturated carbocycles. The van der Waals surface area contributed by atoms with E-state index in [-0.39, 0.29) is 23.9 Å². The van der Waals surface area contributed by atoms with Gasteiger partial charge in [0.05, 0.1) is 5.92 Å². The lowest BCUT2D eigenvalue weighted by molar-refractivity contribution is -0.168. The highest BCUT2D eigenvalue weighted by Gasteiger charge is 2.35. The van der Waals surface area contributed by atoms with E-state index in [0.717, 1.165) is 12.7 Å². The topological polar surface area (TPSA) is 43.4 Å². The van der Waals surface area contributed by atoms with Gasteiger partial charge >= 0.3 is 5.97 Å². The Hall–Kier alpha value is -0.860. The molecule has 0 unspecified atom stereocenters. The lowest BCUT2D eigenvalue weighted by Gasteiger charge is -2.35. The first kappa shape index (κ1) is 11.2. The quantitative estimate of drug-likeness (QED) is 0.513. The molecule has 1 fully saturated rings. The van der Waals surface area contributed by atoms with Crippen molar-refractivity contribution in [1.29, 1.82) is 0 Å². The third-order valence-electron chi connectivity index (χ3n) is 2.97. The second-order valence-corrected chi connectivity index (χ2v) is 4.40. The summed E-state index contributed by atoms with van der Waals surface area (Å²) in [4.78, 5) is 21.7. The summed E-state index contributed by atoms with van der Waals surface area (Å²) in [5.74, 6) is 0.382. The molecule has 0 bridgehead atoms. The van der Waals surface area contributed by atoms with Crippen molar-refractivity contribution < 1.29 is 14.3 Å². The number of hydrogen-bond donors (Lipinski definition) is 0. The minimum Gasteiger partial charge on any atom is -0.462 e. The van der Waals surface area contributed by atoms with Crippen LogP contribution < -0.4 is 0 Å². The molecule has 3 nitrogen and oxygen atoms in total. The van der Waals surface area contributed by atoms with Crippen molar-refractivity contribution in [2.45, 2.75) is 39.7 Å². The largest absolute Gasteiger partial charge is 0.462 e. The summed E-state index contributed by atoms with van der Waals surface area (Å²) in [7, 11) is 0. The van der Waals surface area contributed by atoms with Crippen LogP contribution in [0.2, 0.25) is 0 Å². The molecule has 4 atom stereocenters. The molecule has 0 aromatic rings. The average Bonchev–Trinajstić information content (AvgIpc) is 2.11. The number of rotatable bonds is 3. The second-order valence-electron chi connectivity index (χ2n) is 4.40. The fourth-order valence-electron chi connectivity index (χ4n) is 2.12. The van der Waals surface area contributed by atoms with Crippen molar-refractivity contribution in [3.63, 3.8) is 0 Å². The van der Waals surface area contributed by atoms with Gasteiger partial charge in [0.25, 0.3) is 0 Å². The standard InChI is InChI=1S/C11H18O3/c1-7(4-5-12)10-8(2)6-9(3)11(13)14-10/h5,7-10H,4,6H2,1-3H3/t7-,8-,9+,10+/m0/s1. The van der Waals surface area contributed by atoms with Crippen LogP contribution in [-0.2, 0) is 14.3 Å². The van der Waals surface area contributed by atoms with Crippen LogP contribution in [0.1, 0.15) is 33.6 Å². The zero-order valence-electron chi connectivity index (χ0n) is 9.03. The van der Waals surface area contributed by atoms with Crippen LogP contribution in [0, 0.1) is 17.8 Å². The Morgan fingerprint density at radius 1 is 1.57 bits per heavy atom. The van der Waals surface area contributed by atoms with Gasteiger partial charge in [-0.05, 0) is 18.3 Å². The highest BCUT2D eigenvalue weighted by molar-refractivity contribution is 5.73. The molecule has 0 aromatic heterocycles. The van der Waals surface area contributed by atoms with Crippen molar-refractivity contribution in [2.24, 2.45) is 17.8 Å². The van der Waals surface area contributed by atoms with Gasteiger partial charge in [-0.15, -0.1) is 0 Å². The Morgan fingerprint density at radius 2 is 2.21 bits per heavy atom. The molecule has 1 heterocycles. The van der Waals surface area contributed by atoms with E-state index in [1.807, 2.05) is 13.8 Å². The van der Waals surface area contributed by atoms with Crippen molar-refractivity contribution in [3.8, 4) is 0 Å². The summed E-state index contributed by atoms with van der Waals surface area (Å²) in [6.07, 6.45) is 2.15. The van der Waals surface area contributed by atoms with Gasteiger partial charge in [-0.1, -0.05) is 20.8 Å². The van der Waals surface area contributed by atoms with Gasteiger partial charge in [-0.3, -0.25) is 4.79 Å². The number of carbonyl (C=O) groups excluding carboxylic acids is 2. The van der Waals surface area contributed by atoms with Crippen LogP contribution >= 0.6 is 0 Å². The molecule has 1 aliphatic rings. The Balaban J connectivity index is 2.60. The molecule has 3 heteroatoms. The van der Waals surface area contributed by atoms with Crippen molar-refractivity contribution in [2.75, 3.05) is 0 Å². The Morgan fingerprint density at radius 3 is 2.79 bits per heavy atom. The lowest BCUT2D eigenvalue weighted by atomic mass is 9.83. The predicted octanol–water partition coefficient (Wildman–Crippen LogP) is 1.80. The number of hydrogen-bond acceptors (Lipinski definition) is 3. The highest BCUT2D eigenvalue weighted by atomic mass is 16.5. The smallest absolute Gasteiger partial charge is 0.308 e. The first-order valence-corrected chi connectivity index (χ1v) is 5.20. The number of carbonyl (C=O) groups is 2. The number of esters is 1. The Bertz CT molecular complexity index is 225. The van der Waals surface area contributed by atoms with Gasteiger partial charge in [0.2, 0.25) is 0 Å². The van der Waals surface area contributed by atoms with Crippen LogP contribution in [0.3, 0.4) is 0 Å². The molecule has 80 valence electrons. The van der Waals surface area contributed by atoms with Crippen molar-refractivity contribution >= 4 is 12.3 Å². The van der Waals surface area contributed by atoms with Crippen molar-refractivity contribution in [1.82, 2.24) is 0 Å². The molecule has 1 aliphatic heterocycles. The van der Waals surface area contributed by atoms with E-state index >= 15 is 0 Å². The lowest BCUT2D eigenvalue weighted by Crippen LogP contribution is -2.39. The molecule has 0 aromatic carbocycles. The average molecular weight is 198 g/mol. The highest BCUT2D eigenvalue weighted by Crippen LogP contribution is 2.30. The fourth-order valence-corrected chi connectivity index (χ4v) is 2.12. The van der Waals surface area contributed by atoms with Gasteiger partial charge < -0.3 is 9.53 Å². The van der Waals surface area contributed by atoms with E-state index in [0.29, 0.717) is 12.3 Å². The van der Waals surface area contributed by atoms with E-state index in [1.54, 1.807) is 0 Å². The molecule has 0 N–H and O–H groups in total. The summed E-state index contributed by atoms with van der Waals surface area (Å²) in [6, 6.07) is 0. The number of ether oxygens (including phenoxy) is 1. The van der Waals surface area contributed by atoms with E-state index in [9.17, 15) is 9.59 Å². The summed E-state index contributed by atoms with van der Waals surface area (Å²) < 4.78 is 5.33. The SMILES string of the molecule is C[C@@H]1C[C@H](C)[C@@H]([C@@H](C)CC=O)OC1=O. The molecule has 0 spiro atoms. The third-order valence-corrected chi connectivity index (χ3v) is 2.97. The first-order chi connectivity index (χ1) is 6.56. The molecule has 14 heavy (non-hydrogen) atoms. The second kappa shape index (κ2) is 4.58. The van der Waals surface area contributed by atoms with Crippen LogP contribution in [-0.4, -0.2) is 18.4 Å². The van der Waals surface area contributed by atoms with Gasteiger partial charge in [-0.2, -0.15) is 0 Å². The van der Waals surface area contributed by atoms with Gasteiger partial charge in [0.15, 0.2) is 0 Å². The van der Waals surface area contributed by atoms with Gasteiger partial charge in [-0.25, -0.2) is 0 Å². The monoisotopic (exact) mass is 198 g/mol. The first-order valence-electron chi connectivity index (χ1n) is 5.20. The fraction of sp³-hybridized carbons (Fsp3) is 0.818. The molecule has 1 saturated heterocycles. The normalized spacial score (nSPS) is 34.8.